The fourth-order valence-corrected chi connectivity index (χ4v) is 3.02. The number of hydrogen-bond acceptors (Lipinski definition) is 2. The van der Waals surface area contributed by atoms with E-state index in [1.807, 2.05) is 19.1 Å². The summed E-state index contributed by atoms with van der Waals surface area (Å²) < 4.78 is 5.64. The highest BCUT2D eigenvalue weighted by atomic mass is 16.5. The predicted octanol–water partition coefficient (Wildman–Crippen LogP) is 5.90. The number of ketones is 1. The highest BCUT2D eigenvalue weighted by Gasteiger charge is 2.15. The number of carbonyl (C=O) groups excluding carboxylic acids is 1. The highest BCUT2D eigenvalue weighted by molar-refractivity contribution is 6.05. The van der Waals surface area contributed by atoms with Crippen LogP contribution in [0, 0.1) is 0 Å². The molecular weight excluding hydrogens is 322 g/mol. The average molecular weight is 347 g/mol. The standard InChI is InChI=1S/C23H25NO2/c1-6-22(25)17-10-15(12-19(13-17)26-7-2)21-14-16-11-18(23(3,4)5)8-9-20(16)24-21/h6,8-14,24H,1,7H2,2-5H3. The van der Waals surface area contributed by atoms with Gasteiger partial charge in [-0.15, -0.1) is 0 Å². The molecular formula is C23H25NO2. The van der Waals surface area contributed by atoms with E-state index in [0.717, 1.165) is 22.2 Å². The Balaban J connectivity index is 2.11. The zero-order chi connectivity index (χ0) is 18.9. The van der Waals surface area contributed by atoms with Crippen molar-refractivity contribution >= 4 is 16.7 Å². The Morgan fingerprint density at radius 2 is 1.92 bits per heavy atom. The van der Waals surface area contributed by atoms with Crippen LogP contribution in [0.3, 0.4) is 0 Å². The van der Waals surface area contributed by atoms with Gasteiger partial charge >= 0.3 is 0 Å². The molecule has 0 fully saturated rings. The highest BCUT2D eigenvalue weighted by Crippen LogP contribution is 2.31. The first-order valence-corrected chi connectivity index (χ1v) is 8.90. The average Bonchev–Trinajstić information content (AvgIpc) is 3.03. The lowest BCUT2D eigenvalue weighted by Crippen LogP contribution is -2.10. The number of hydrogen-bond donors (Lipinski definition) is 1. The number of aromatic amines is 1. The molecule has 0 radical (unpaired) electrons. The van der Waals surface area contributed by atoms with Crippen molar-refractivity contribution in [2.24, 2.45) is 0 Å². The number of ether oxygens (including phenoxy) is 1. The van der Waals surface area contributed by atoms with Gasteiger partial charge < -0.3 is 9.72 Å². The van der Waals surface area contributed by atoms with Crippen LogP contribution < -0.4 is 4.74 Å². The number of rotatable bonds is 5. The van der Waals surface area contributed by atoms with E-state index in [1.54, 1.807) is 6.07 Å². The van der Waals surface area contributed by atoms with Gasteiger partial charge in [-0.25, -0.2) is 0 Å². The quantitative estimate of drug-likeness (QED) is 0.461. The summed E-state index contributed by atoms with van der Waals surface area (Å²) in [5.41, 5.74) is 4.94. The van der Waals surface area contributed by atoms with Crippen LogP contribution in [0.1, 0.15) is 43.6 Å². The molecule has 0 unspecified atom stereocenters. The van der Waals surface area contributed by atoms with Crippen molar-refractivity contribution in [2.45, 2.75) is 33.1 Å². The van der Waals surface area contributed by atoms with Crippen LogP contribution >= 0.6 is 0 Å². The van der Waals surface area contributed by atoms with Gasteiger partial charge in [0, 0.05) is 27.7 Å². The number of carbonyl (C=O) groups is 1. The van der Waals surface area contributed by atoms with E-state index in [1.165, 1.54) is 11.6 Å². The monoisotopic (exact) mass is 347 g/mol. The Morgan fingerprint density at radius 1 is 1.15 bits per heavy atom. The van der Waals surface area contributed by atoms with Crippen molar-refractivity contribution in [2.75, 3.05) is 6.61 Å². The smallest absolute Gasteiger partial charge is 0.185 e. The van der Waals surface area contributed by atoms with E-state index in [0.29, 0.717) is 17.9 Å². The van der Waals surface area contributed by atoms with Gasteiger partial charge in [0.1, 0.15) is 5.75 Å². The van der Waals surface area contributed by atoms with Crippen LogP contribution in [0.15, 0.2) is 55.1 Å². The zero-order valence-electron chi connectivity index (χ0n) is 15.8. The fraction of sp³-hybridized carbons (Fsp3) is 0.261. The second-order valence-corrected chi connectivity index (χ2v) is 7.48. The van der Waals surface area contributed by atoms with Crippen molar-refractivity contribution in [3.8, 4) is 17.0 Å². The van der Waals surface area contributed by atoms with Crippen LogP contribution in [0.2, 0.25) is 0 Å². The summed E-state index contributed by atoms with van der Waals surface area (Å²) >= 11 is 0. The largest absolute Gasteiger partial charge is 0.494 e. The van der Waals surface area contributed by atoms with Crippen LogP contribution in [-0.4, -0.2) is 17.4 Å². The number of H-pyrrole nitrogens is 1. The molecule has 0 atom stereocenters. The Kier molecular flexibility index (Phi) is 4.73. The summed E-state index contributed by atoms with van der Waals surface area (Å²) in [6.45, 7) is 12.7. The molecule has 3 aromatic rings. The van der Waals surface area contributed by atoms with Crippen LogP contribution in [-0.2, 0) is 5.41 Å². The van der Waals surface area contributed by atoms with Gasteiger partial charge in [0.25, 0.3) is 0 Å². The van der Waals surface area contributed by atoms with Crippen molar-refractivity contribution in [3.63, 3.8) is 0 Å². The van der Waals surface area contributed by atoms with E-state index < -0.39 is 0 Å². The summed E-state index contributed by atoms with van der Waals surface area (Å²) in [6, 6.07) is 14.2. The van der Waals surface area contributed by atoms with Crippen LogP contribution in [0.5, 0.6) is 5.75 Å². The van der Waals surface area contributed by atoms with Gasteiger partial charge in [-0.1, -0.05) is 33.4 Å². The van der Waals surface area contributed by atoms with Crippen molar-refractivity contribution in [1.29, 1.82) is 0 Å². The molecule has 0 bridgehead atoms. The molecule has 0 aliphatic carbocycles. The summed E-state index contributed by atoms with van der Waals surface area (Å²) in [5.74, 6) is 0.572. The lowest BCUT2D eigenvalue weighted by molar-refractivity contribution is 0.104. The van der Waals surface area contributed by atoms with Crippen molar-refractivity contribution < 1.29 is 9.53 Å². The molecule has 0 saturated carbocycles. The lowest BCUT2D eigenvalue weighted by atomic mass is 9.86. The maximum Gasteiger partial charge on any atom is 0.185 e. The maximum atomic E-state index is 12.1. The predicted molar refractivity (Wildman–Crippen MR) is 108 cm³/mol. The van der Waals surface area contributed by atoms with E-state index in [4.69, 9.17) is 4.74 Å². The second kappa shape index (κ2) is 6.83. The molecule has 1 aromatic heterocycles. The first-order valence-electron chi connectivity index (χ1n) is 8.90. The van der Waals surface area contributed by atoms with Gasteiger partial charge in [-0.2, -0.15) is 0 Å². The molecule has 0 saturated heterocycles. The Hall–Kier alpha value is -2.81. The molecule has 0 aliphatic rings. The molecule has 1 heterocycles. The van der Waals surface area contributed by atoms with Gasteiger partial charge in [0.15, 0.2) is 5.78 Å². The van der Waals surface area contributed by atoms with Crippen LogP contribution in [0.4, 0.5) is 0 Å². The zero-order valence-corrected chi connectivity index (χ0v) is 15.8. The summed E-state index contributed by atoms with van der Waals surface area (Å²) in [4.78, 5) is 15.5. The van der Waals surface area contributed by atoms with E-state index in [2.05, 4.69) is 56.6 Å². The number of allylic oxidation sites excluding steroid dienone is 1. The van der Waals surface area contributed by atoms with Crippen molar-refractivity contribution in [1.82, 2.24) is 4.98 Å². The molecule has 3 nitrogen and oxygen atoms in total. The lowest BCUT2D eigenvalue weighted by Gasteiger charge is -2.18. The topological polar surface area (TPSA) is 42.1 Å². The molecule has 2 aromatic carbocycles. The number of benzene rings is 2. The maximum absolute atomic E-state index is 12.1. The minimum absolute atomic E-state index is 0.101. The minimum atomic E-state index is -0.112. The molecule has 0 aliphatic heterocycles. The van der Waals surface area contributed by atoms with Gasteiger partial charge in [0.2, 0.25) is 0 Å². The fourth-order valence-electron chi connectivity index (χ4n) is 3.02. The first kappa shape index (κ1) is 18.0. The second-order valence-electron chi connectivity index (χ2n) is 7.48. The Labute approximate surface area is 154 Å². The van der Waals surface area contributed by atoms with E-state index >= 15 is 0 Å². The molecule has 0 amide bonds. The SMILES string of the molecule is C=CC(=O)c1cc(OCC)cc(-c2cc3cc(C(C)(C)C)ccc3[nH]2)c1. The molecule has 134 valence electrons. The third kappa shape index (κ3) is 3.57. The minimum Gasteiger partial charge on any atom is -0.494 e. The summed E-state index contributed by atoms with van der Waals surface area (Å²) in [7, 11) is 0. The normalized spacial score (nSPS) is 11.5. The Morgan fingerprint density at radius 3 is 2.58 bits per heavy atom. The van der Waals surface area contributed by atoms with Crippen LogP contribution in [0.25, 0.3) is 22.2 Å². The molecule has 3 heteroatoms. The number of fused-ring (bicyclic) bond motifs is 1. The van der Waals surface area contributed by atoms with E-state index in [9.17, 15) is 4.79 Å². The third-order valence-electron chi connectivity index (χ3n) is 4.49. The molecule has 0 spiro atoms. The summed E-state index contributed by atoms with van der Waals surface area (Å²) in [5, 5.41) is 1.16. The number of nitrogens with one attached hydrogen (secondary N) is 1. The third-order valence-corrected chi connectivity index (χ3v) is 4.49. The number of aromatic nitrogens is 1. The molecule has 26 heavy (non-hydrogen) atoms. The van der Waals surface area contributed by atoms with Gasteiger partial charge in [0.05, 0.1) is 6.61 Å². The molecule has 1 N–H and O–H groups in total. The van der Waals surface area contributed by atoms with E-state index in [-0.39, 0.29) is 11.2 Å². The van der Waals surface area contributed by atoms with Gasteiger partial charge in [-0.05, 0) is 60.4 Å². The van der Waals surface area contributed by atoms with Crippen molar-refractivity contribution in [3.05, 3.63) is 66.2 Å². The van der Waals surface area contributed by atoms with Gasteiger partial charge in [-0.3, -0.25) is 4.79 Å². The Bertz CT molecular complexity index is 974. The first-order chi connectivity index (χ1) is 12.3. The summed E-state index contributed by atoms with van der Waals surface area (Å²) in [6.07, 6.45) is 1.33. The molecule has 3 rings (SSSR count).